The monoisotopic (exact) mass is 259 g/mol. The number of pyridine rings is 1. The first-order chi connectivity index (χ1) is 7.79. The minimum Gasteiger partial charge on any atom is -0.478 e. The highest BCUT2D eigenvalue weighted by Crippen LogP contribution is 2.29. The lowest BCUT2D eigenvalue weighted by atomic mass is 9.83. The second kappa shape index (κ2) is 5.74. The Balaban J connectivity index is 1.83. The van der Waals surface area contributed by atoms with Crippen molar-refractivity contribution in [3.05, 3.63) is 22.8 Å². The van der Waals surface area contributed by atoms with Gasteiger partial charge in [0.05, 0.1) is 11.6 Å². The lowest BCUT2D eigenvalue weighted by Gasteiger charge is -2.24. The van der Waals surface area contributed by atoms with Gasteiger partial charge in [0.1, 0.15) is 0 Å². The van der Waals surface area contributed by atoms with Crippen LogP contribution in [0.1, 0.15) is 31.2 Å². The van der Waals surface area contributed by atoms with Crippen molar-refractivity contribution in [3.8, 4) is 5.88 Å². The van der Waals surface area contributed by atoms with Crippen molar-refractivity contribution >= 4 is 23.2 Å². The number of alkyl halides is 1. The van der Waals surface area contributed by atoms with E-state index in [1.54, 1.807) is 6.20 Å². The highest BCUT2D eigenvalue weighted by atomic mass is 35.5. The van der Waals surface area contributed by atoms with Gasteiger partial charge in [0.25, 0.3) is 0 Å². The summed E-state index contributed by atoms with van der Waals surface area (Å²) >= 11 is 11.7. The van der Waals surface area contributed by atoms with Crippen LogP contribution in [0, 0.1) is 5.92 Å². The number of rotatable bonds is 5. The van der Waals surface area contributed by atoms with Gasteiger partial charge in [-0.3, -0.25) is 0 Å². The van der Waals surface area contributed by atoms with E-state index in [9.17, 15) is 0 Å². The van der Waals surface area contributed by atoms with Crippen LogP contribution >= 0.6 is 23.2 Å². The zero-order valence-corrected chi connectivity index (χ0v) is 10.6. The summed E-state index contributed by atoms with van der Waals surface area (Å²) in [5, 5.41) is 0.598. The quantitative estimate of drug-likeness (QED) is 0.745. The van der Waals surface area contributed by atoms with Crippen molar-refractivity contribution < 1.29 is 4.74 Å². The van der Waals surface area contributed by atoms with Gasteiger partial charge in [0.2, 0.25) is 5.88 Å². The predicted molar refractivity (Wildman–Crippen MR) is 66.3 cm³/mol. The van der Waals surface area contributed by atoms with E-state index in [4.69, 9.17) is 27.9 Å². The van der Waals surface area contributed by atoms with Gasteiger partial charge in [-0.15, -0.1) is 11.6 Å². The van der Waals surface area contributed by atoms with Crippen LogP contribution in [0.5, 0.6) is 5.88 Å². The van der Waals surface area contributed by atoms with Crippen molar-refractivity contribution in [2.45, 2.75) is 31.6 Å². The SMILES string of the molecule is ClCc1cc(OCCC2CCC2)ncc1Cl. The van der Waals surface area contributed by atoms with Crippen LogP contribution in [-0.4, -0.2) is 11.6 Å². The molecular weight excluding hydrogens is 245 g/mol. The second-order valence-electron chi connectivity index (χ2n) is 4.18. The Morgan fingerprint density at radius 2 is 2.25 bits per heavy atom. The van der Waals surface area contributed by atoms with Crippen molar-refractivity contribution in [1.29, 1.82) is 0 Å². The smallest absolute Gasteiger partial charge is 0.213 e. The Morgan fingerprint density at radius 1 is 1.44 bits per heavy atom. The zero-order chi connectivity index (χ0) is 11.4. The molecule has 0 bridgehead atoms. The maximum Gasteiger partial charge on any atom is 0.213 e. The molecule has 0 amide bonds. The van der Waals surface area contributed by atoms with Crippen LogP contribution in [0.2, 0.25) is 5.02 Å². The standard InChI is InChI=1S/C12H15Cl2NO/c13-7-10-6-12(15-8-11(10)14)16-5-4-9-2-1-3-9/h6,8-9H,1-5,7H2. The third kappa shape index (κ3) is 3.02. The molecule has 4 heteroatoms. The Kier molecular flexibility index (Phi) is 4.30. The van der Waals surface area contributed by atoms with Gasteiger partial charge >= 0.3 is 0 Å². The predicted octanol–water partition coefficient (Wildman–Crippen LogP) is 4.04. The minimum absolute atomic E-state index is 0.389. The van der Waals surface area contributed by atoms with E-state index in [2.05, 4.69) is 4.98 Å². The normalized spacial score (nSPS) is 15.9. The average molecular weight is 260 g/mol. The molecule has 2 rings (SSSR count). The number of aromatic nitrogens is 1. The van der Waals surface area contributed by atoms with Gasteiger partial charge in [0.15, 0.2) is 0 Å². The van der Waals surface area contributed by atoms with E-state index >= 15 is 0 Å². The van der Waals surface area contributed by atoms with Gasteiger partial charge in [-0.05, 0) is 17.9 Å². The van der Waals surface area contributed by atoms with Crippen LogP contribution in [0.15, 0.2) is 12.3 Å². The summed E-state index contributed by atoms with van der Waals surface area (Å²) in [7, 11) is 0. The first kappa shape index (κ1) is 12.0. The van der Waals surface area contributed by atoms with Crippen molar-refractivity contribution in [1.82, 2.24) is 4.98 Å². The molecule has 1 aromatic heterocycles. The summed E-state index contributed by atoms with van der Waals surface area (Å²) in [6.07, 6.45) is 6.80. The maximum absolute atomic E-state index is 5.91. The van der Waals surface area contributed by atoms with E-state index in [0.717, 1.165) is 24.5 Å². The summed E-state index contributed by atoms with van der Waals surface area (Å²) in [5.41, 5.74) is 0.872. The van der Waals surface area contributed by atoms with Gasteiger partial charge in [-0.1, -0.05) is 30.9 Å². The highest BCUT2D eigenvalue weighted by molar-refractivity contribution is 6.32. The molecule has 0 radical (unpaired) electrons. The third-order valence-corrected chi connectivity index (χ3v) is 3.68. The Bertz CT molecular complexity index is 353. The van der Waals surface area contributed by atoms with Crippen LogP contribution in [0.3, 0.4) is 0 Å². The third-order valence-electron chi connectivity index (χ3n) is 3.05. The van der Waals surface area contributed by atoms with E-state index in [1.807, 2.05) is 6.07 Å². The summed E-state index contributed by atoms with van der Waals surface area (Å²) in [5.74, 6) is 1.87. The number of halogens is 2. The minimum atomic E-state index is 0.389. The molecule has 0 aliphatic heterocycles. The van der Waals surface area contributed by atoms with E-state index in [-0.39, 0.29) is 0 Å². The second-order valence-corrected chi connectivity index (χ2v) is 4.86. The molecular formula is C12H15Cl2NO. The molecule has 1 aliphatic rings. The molecule has 1 heterocycles. The topological polar surface area (TPSA) is 22.1 Å². The van der Waals surface area contributed by atoms with Crippen LogP contribution in [0.25, 0.3) is 0 Å². The Labute approximate surface area is 106 Å². The lowest BCUT2D eigenvalue weighted by Crippen LogP contribution is -2.14. The molecule has 88 valence electrons. The molecule has 1 saturated carbocycles. The number of hydrogen-bond acceptors (Lipinski definition) is 2. The Morgan fingerprint density at radius 3 is 2.88 bits per heavy atom. The molecule has 0 saturated heterocycles. The number of ether oxygens (including phenoxy) is 1. The average Bonchev–Trinajstić information content (AvgIpc) is 2.24. The van der Waals surface area contributed by atoms with Crippen LogP contribution in [0.4, 0.5) is 0 Å². The molecule has 0 atom stereocenters. The van der Waals surface area contributed by atoms with E-state index in [0.29, 0.717) is 16.8 Å². The first-order valence-electron chi connectivity index (χ1n) is 5.63. The molecule has 1 fully saturated rings. The molecule has 0 aromatic carbocycles. The fourth-order valence-corrected chi connectivity index (χ4v) is 2.21. The number of nitrogens with zero attached hydrogens (tertiary/aromatic N) is 1. The summed E-state index contributed by atoms with van der Waals surface area (Å²) < 4.78 is 5.58. The lowest BCUT2D eigenvalue weighted by molar-refractivity contribution is 0.217. The van der Waals surface area contributed by atoms with Crippen LogP contribution in [-0.2, 0) is 5.88 Å². The summed E-state index contributed by atoms with van der Waals surface area (Å²) in [6.45, 7) is 0.737. The van der Waals surface area contributed by atoms with E-state index in [1.165, 1.54) is 19.3 Å². The molecule has 1 aromatic rings. The fourth-order valence-electron chi connectivity index (χ4n) is 1.75. The van der Waals surface area contributed by atoms with Crippen molar-refractivity contribution in [2.75, 3.05) is 6.61 Å². The summed E-state index contributed by atoms with van der Waals surface area (Å²) in [6, 6.07) is 1.82. The van der Waals surface area contributed by atoms with E-state index < -0.39 is 0 Å². The largest absolute Gasteiger partial charge is 0.478 e. The fraction of sp³-hybridized carbons (Fsp3) is 0.583. The van der Waals surface area contributed by atoms with Gasteiger partial charge < -0.3 is 4.74 Å². The maximum atomic E-state index is 5.91. The Hall–Kier alpha value is -0.470. The van der Waals surface area contributed by atoms with Crippen LogP contribution < -0.4 is 4.74 Å². The van der Waals surface area contributed by atoms with Gasteiger partial charge in [-0.2, -0.15) is 0 Å². The zero-order valence-electron chi connectivity index (χ0n) is 9.09. The first-order valence-corrected chi connectivity index (χ1v) is 6.54. The van der Waals surface area contributed by atoms with Gasteiger partial charge in [-0.25, -0.2) is 4.98 Å². The molecule has 1 aliphatic carbocycles. The summed E-state index contributed by atoms with van der Waals surface area (Å²) in [4.78, 5) is 4.11. The number of hydrogen-bond donors (Lipinski definition) is 0. The molecule has 2 nitrogen and oxygen atoms in total. The molecule has 0 N–H and O–H groups in total. The van der Waals surface area contributed by atoms with Gasteiger partial charge in [0, 0.05) is 18.1 Å². The van der Waals surface area contributed by atoms with Crippen molar-refractivity contribution in [3.63, 3.8) is 0 Å². The molecule has 16 heavy (non-hydrogen) atoms. The molecule has 0 unspecified atom stereocenters. The van der Waals surface area contributed by atoms with Crippen molar-refractivity contribution in [2.24, 2.45) is 5.92 Å². The highest BCUT2D eigenvalue weighted by Gasteiger charge is 2.17. The molecule has 0 spiro atoms.